The number of anilines is 1. The molecule has 0 atom stereocenters. The van der Waals surface area contributed by atoms with Gasteiger partial charge in [-0.05, 0) is 36.4 Å². The normalized spacial score (nSPS) is 11.0. The van der Waals surface area contributed by atoms with Gasteiger partial charge >= 0.3 is 0 Å². The topological polar surface area (TPSA) is 97.8 Å². The summed E-state index contributed by atoms with van der Waals surface area (Å²) in [6.07, 6.45) is 1.70. The fourth-order valence-electron chi connectivity index (χ4n) is 2.98. The summed E-state index contributed by atoms with van der Waals surface area (Å²) in [7, 11) is -1.14. The Morgan fingerprint density at radius 2 is 1.79 bits per heavy atom. The number of amides is 1. The summed E-state index contributed by atoms with van der Waals surface area (Å²) in [5, 5.41) is 3.63. The highest BCUT2D eigenvalue weighted by atomic mass is 32.2. The fourth-order valence-corrected chi connectivity index (χ4v) is 5.14. The number of carbonyl (C=O) groups excluding carboxylic acids is 1. The highest BCUT2D eigenvalue weighted by molar-refractivity contribution is 7.99. The third-order valence-corrected chi connectivity index (χ3v) is 7.30. The summed E-state index contributed by atoms with van der Waals surface area (Å²) < 4.78 is 38.7. The first-order chi connectivity index (χ1) is 16.0. The summed E-state index contributed by atoms with van der Waals surface area (Å²) in [5.74, 6) is 0.887. The molecule has 33 heavy (non-hydrogen) atoms. The monoisotopic (exact) mass is 487 g/mol. The third-order valence-electron chi connectivity index (χ3n) is 4.59. The van der Waals surface area contributed by atoms with E-state index in [9.17, 15) is 13.2 Å². The van der Waals surface area contributed by atoms with Crippen LogP contribution in [0, 0.1) is 0 Å². The number of benzene rings is 2. The number of ether oxygens (including phenoxy) is 2. The molecule has 1 heterocycles. The maximum atomic E-state index is 13.5. The van der Waals surface area contributed by atoms with Crippen LogP contribution in [-0.2, 0) is 14.8 Å². The van der Waals surface area contributed by atoms with Crippen molar-refractivity contribution in [2.24, 2.45) is 0 Å². The zero-order valence-corrected chi connectivity index (χ0v) is 19.9. The van der Waals surface area contributed by atoms with Gasteiger partial charge in [-0.3, -0.25) is 9.10 Å². The second-order valence-corrected chi connectivity index (χ2v) is 9.71. The Morgan fingerprint density at radius 1 is 1.03 bits per heavy atom. The van der Waals surface area contributed by atoms with Crippen molar-refractivity contribution < 1.29 is 22.7 Å². The van der Waals surface area contributed by atoms with Gasteiger partial charge in [0.25, 0.3) is 10.0 Å². The summed E-state index contributed by atoms with van der Waals surface area (Å²) in [5.41, 5.74) is 0.207. The number of rotatable bonds is 11. The number of aromatic nitrogens is 1. The number of thioether (sulfide) groups is 1. The Balaban J connectivity index is 1.81. The quantitative estimate of drug-likeness (QED) is 0.328. The average Bonchev–Trinajstić information content (AvgIpc) is 2.86. The molecule has 2 aromatic carbocycles. The lowest BCUT2D eigenvalue weighted by Gasteiger charge is -2.26. The molecular formula is C23H25N3O5S2. The number of hydrogen-bond acceptors (Lipinski definition) is 7. The van der Waals surface area contributed by atoms with Gasteiger partial charge in [-0.15, -0.1) is 11.8 Å². The van der Waals surface area contributed by atoms with Crippen molar-refractivity contribution in [3.63, 3.8) is 0 Å². The molecule has 3 aromatic rings. The molecule has 0 aliphatic carbocycles. The van der Waals surface area contributed by atoms with E-state index in [1.54, 1.807) is 36.5 Å². The zero-order chi connectivity index (χ0) is 23.7. The Hall–Kier alpha value is -3.24. The minimum absolute atomic E-state index is 0.0633. The molecule has 0 radical (unpaired) electrons. The molecule has 0 fully saturated rings. The number of methoxy groups -OCH3 is 2. The van der Waals surface area contributed by atoms with Crippen LogP contribution in [-0.4, -0.2) is 52.4 Å². The molecule has 174 valence electrons. The number of nitrogens with zero attached hydrogens (tertiary/aromatic N) is 2. The van der Waals surface area contributed by atoms with Crippen LogP contribution >= 0.6 is 11.8 Å². The van der Waals surface area contributed by atoms with Gasteiger partial charge in [-0.25, -0.2) is 13.4 Å². The van der Waals surface area contributed by atoms with Crippen LogP contribution in [0.2, 0.25) is 0 Å². The molecule has 1 amide bonds. The van der Waals surface area contributed by atoms with Crippen LogP contribution in [0.5, 0.6) is 11.5 Å². The minimum Gasteiger partial charge on any atom is -0.497 e. The number of pyridine rings is 1. The smallest absolute Gasteiger partial charge is 0.264 e. The molecular weight excluding hydrogens is 462 g/mol. The Labute approximate surface area is 198 Å². The van der Waals surface area contributed by atoms with Crippen molar-refractivity contribution in [3.8, 4) is 11.5 Å². The number of hydrogen-bond donors (Lipinski definition) is 1. The van der Waals surface area contributed by atoms with Gasteiger partial charge in [0.05, 0.1) is 29.8 Å². The van der Waals surface area contributed by atoms with Crippen LogP contribution in [0.15, 0.2) is 82.8 Å². The van der Waals surface area contributed by atoms with Gasteiger partial charge in [-0.2, -0.15) is 0 Å². The lowest BCUT2D eigenvalue weighted by Crippen LogP contribution is -2.41. The zero-order valence-electron chi connectivity index (χ0n) is 18.3. The number of sulfonamides is 1. The summed E-state index contributed by atoms with van der Waals surface area (Å²) in [6.45, 7) is -0.0659. The SMILES string of the molecule is COc1ccc(OC)c(N(CC(=O)NCCSc2ccccn2)S(=O)(=O)c2ccccc2)c1. The molecule has 0 aliphatic rings. The largest absolute Gasteiger partial charge is 0.497 e. The van der Waals surface area contributed by atoms with E-state index in [2.05, 4.69) is 10.3 Å². The summed E-state index contributed by atoms with van der Waals surface area (Å²) in [4.78, 5) is 17.0. The maximum absolute atomic E-state index is 13.5. The van der Waals surface area contributed by atoms with Gasteiger partial charge in [-0.1, -0.05) is 24.3 Å². The molecule has 10 heteroatoms. The predicted molar refractivity (Wildman–Crippen MR) is 128 cm³/mol. The minimum atomic E-state index is -4.06. The van der Waals surface area contributed by atoms with E-state index in [0.29, 0.717) is 23.8 Å². The van der Waals surface area contributed by atoms with E-state index in [0.717, 1.165) is 9.33 Å². The van der Waals surface area contributed by atoms with Crippen LogP contribution in [0.25, 0.3) is 0 Å². The molecule has 8 nitrogen and oxygen atoms in total. The number of nitrogens with one attached hydrogen (secondary N) is 1. The van der Waals surface area contributed by atoms with Gasteiger partial charge in [0.2, 0.25) is 5.91 Å². The molecule has 0 saturated heterocycles. The van der Waals surface area contributed by atoms with Gasteiger partial charge in [0.15, 0.2) is 0 Å². The summed E-state index contributed by atoms with van der Waals surface area (Å²) >= 11 is 1.50. The van der Waals surface area contributed by atoms with E-state index >= 15 is 0 Å². The third kappa shape index (κ3) is 6.39. The van der Waals surface area contributed by atoms with E-state index in [1.807, 2.05) is 18.2 Å². The van der Waals surface area contributed by atoms with Gasteiger partial charge < -0.3 is 14.8 Å². The first kappa shape index (κ1) is 24.4. The average molecular weight is 488 g/mol. The molecule has 1 N–H and O–H groups in total. The van der Waals surface area contributed by atoms with E-state index < -0.39 is 22.5 Å². The summed E-state index contributed by atoms with van der Waals surface area (Å²) in [6, 6.07) is 18.3. The van der Waals surface area contributed by atoms with Crippen molar-refractivity contribution in [1.82, 2.24) is 10.3 Å². The Kier molecular flexibility index (Phi) is 8.56. The second kappa shape index (κ2) is 11.6. The number of carbonyl (C=O) groups is 1. The van der Waals surface area contributed by atoms with Crippen molar-refractivity contribution in [2.45, 2.75) is 9.92 Å². The highest BCUT2D eigenvalue weighted by Gasteiger charge is 2.29. The molecule has 1 aromatic heterocycles. The van der Waals surface area contributed by atoms with Crippen molar-refractivity contribution in [2.75, 3.05) is 37.4 Å². The van der Waals surface area contributed by atoms with Crippen molar-refractivity contribution >= 4 is 33.4 Å². The van der Waals surface area contributed by atoms with Crippen LogP contribution in [0.4, 0.5) is 5.69 Å². The fraction of sp³-hybridized carbons (Fsp3) is 0.217. The molecule has 3 rings (SSSR count). The van der Waals surface area contributed by atoms with Crippen molar-refractivity contribution in [3.05, 3.63) is 72.9 Å². The lowest BCUT2D eigenvalue weighted by molar-refractivity contribution is -0.119. The van der Waals surface area contributed by atoms with Crippen LogP contribution in [0.1, 0.15) is 0 Å². The van der Waals surface area contributed by atoms with Gasteiger partial charge in [0, 0.05) is 24.6 Å². The predicted octanol–water partition coefficient (Wildman–Crippen LogP) is 3.20. The van der Waals surface area contributed by atoms with Crippen LogP contribution in [0.3, 0.4) is 0 Å². The van der Waals surface area contributed by atoms with Gasteiger partial charge in [0.1, 0.15) is 18.0 Å². The standard InChI is InChI=1S/C23H25N3O5S2/c1-30-18-11-12-21(31-2)20(16-18)26(33(28,29)19-8-4-3-5-9-19)17-22(27)24-14-15-32-23-10-6-7-13-25-23/h3-13,16H,14-15,17H2,1-2H3,(H,24,27). The van der Waals surface area contributed by atoms with E-state index in [-0.39, 0.29) is 10.6 Å². The second-order valence-electron chi connectivity index (χ2n) is 6.73. The molecule has 0 unspecified atom stereocenters. The molecule has 0 bridgehead atoms. The first-order valence-electron chi connectivity index (χ1n) is 10.1. The Morgan fingerprint density at radius 3 is 2.45 bits per heavy atom. The maximum Gasteiger partial charge on any atom is 0.264 e. The van der Waals surface area contributed by atoms with Crippen LogP contribution < -0.4 is 19.1 Å². The molecule has 0 aliphatic heterocycles. The van der Waals surface area contributed by atoms with E-state index in [4.69, 9.17) is 9.47 Å². The first-order valence-corrected chi connectivity index (χ1v) is 12.5. The Bertz CT molecular complexity index is 1160. The molecule has 0 spiro atoms. The highest BCUT2D eigenvalue weighted by Crippen LogP contribution is 2.35. The van der Waals surface area contributed by atoms with Crippen molar-refractivity contribution in [1.29, 1.82) is 0 Å². The lowest BCUT2D eigenvalue weighted by atomic mass is 10.2. The molecule has 0 saturated carbocycles. The van der Waals surface area contributed by atoms with E-state index in [1.165, 1.54) is 44.2 Å².